The lowest BCUT2D eigenvalue weighted by molar-refractivity contribution is 0.403. The van der Waals surface area contributed by atoms with Gasteiger partial charge in [-0.05, 0) is 42.9 Å². The number of benzene rings is 2. The van der Waals surface area contributed by atoms with E-state index in [4.69, 9.17) is 0 Å². The van der Waals surface area contributed by atoms with Crippen LogP contribution in [0.5, 0.6) is 11.5 Å². The van der Waals surface area contributed by atoms with Crippen LogP contribution in [0.25, 0.3) is 0 Å². The molecule has 21 heavy (non-hydrogen) atoms. The smallest absolute Gasteiger partial charge is 0.240 e. The second-order valence-corrected chi connectivity index (χ2v) is 6.30. The Kier molecular flexibility index (Phi) is 4.35. The van der Waals surface area contributed by atoms with Gasteiger partial charge in [-0.1, -0.05) is 12.1 Å². The van der Waals surface area contributed by atoms with E-state index in [9.17, 15) is 18.6 Å². The average molecular weight is 308 g/mol. The molecule has 0 saturated carbocycles. The van der Waals surface area contributed by atoms with Crippen LogP contribution in [0.4, 0.5) is 5.69 Å². The van der Waals surface area contributed by atoms with Crippen LogP contribution in [0.15, 0.2) is 47.4 Å². The highest BCUT2D eigenvalue weighted by Crippen LogP contribution is 2.25. The number of rotatable bonds is 5. The van der Waals surface area contributed by atoms with Gasteiger partial charge in [0.25, 0.3) is 0 Å². The van der Waals surface area contributed by atoms with Crippen molar-refractivity contribution in [2.24, 2.45) is 0 Å². The first-order valence-electron chi connectivity index (χ1n) is 6.21. The molecule has 7 heteroatoms. The van der Waals surface area contributed by atoms with E-state index in [1.54, 1.807) is 18.2 Å². The number of hydrogen-bond acceptors (Lipinski definition) is 5. The molecule has 0 saturated heterocycles. The Morgan fingerprint density at radius 2 is 1.81 bits per heavy atom. The number of hydrogen-bond donors (Lipinski definition) is 4. The summed E-state index contributed by atoms with van der Waals surface area (Å²) in [6, 6.07) is 10.9. The van der Waals surface area contributed by atoms with Gasteiger partial charge in [-0.15, -0.1) is 0 Å². The number of sulfonamides is 1. The van der Waals surface area contributed by atoms with Crippen LogP contribution in [0.2, 0.25) is 0 Å². The van der Waals surface area contributed by atoms with Gasteiger partial charge in [0.1, 0.15) is 0 Å². The van der Waals surface area contributed by atoms with Crippen LogP contribution in [-0.2, 0) is 16.6 Å². The van der Waals surface area contributed by atoms with E-state index in [0.29, 0.717) is 12.2 Å². The average Bonchev–Trinajstić information content (AvgIpc) is 2.49. The Balaban J connectivity index is 2.13. The quantitative estimate of drug-likeness (QED) is 0.629. The van der Waals surface area contributed by atoms with Gasteiger partial charge in [-0.2, -0.15) is 0 Å². The minimum Gasteiger partial charge on any atom is -0.504 e. The Morgan fingerprint density at radius 1 is 1.05 bits per heavy atom. The highest BCUT2D eigenvalue weighted by Gasteiger charge is 2.11. The fourth-order valence-corrected chi connectivity index (χ4v) is 2.55. The van der Waals surface area contributed by atoms with Crippen molar-refractivity contribution in [2.75, 3.05) is 12.4 Å². The van der Waals surface area contributed by atoms with Gasteiger partial charge in [0.15, 0.2) is 11.5 Å². The molecule has 2 aromatic carbocycles. The summed E-state index contributed by atoms with van der Waals surface area (Å²) in [6.45, 7) is 0.386. The van der Waals surface area contributed by atoms with E-state index in [2.05, 4.69) is 10.0 Å². The molecule has 6 nitrogen and oxygen atoms in total. The van der Waals surface area contributed by atoms with Gasteiger partial charge in [-0.25, -0.2) is 13.1 Å². The molecule has 0 aliphatic carbocycles. The summed E-state index contributed by atoms with van der Waals surface area (Å²) >= 11 is 0. The van der Waals surface area contributed by atoms with Crippen molar-refractivity contribution in [2.45, 2.75) is 11.4 Å². The molecule has 0 fully saturated rings. The molecule has 0 spiro atoms. The molecule has 2 rings (SSSR count). The van der Waals surface area contributed by atoms with Crippen molar-refractivity contribution in [1.29, 1.82) is 0 Å². The molecule has 0 amide bonds. The molecule has 0 bridgehead atoms. The van der Waals surface area contributed by atoms with Gasteiger partial charge >= 0.3 is 0 Å². The molecule has 0 aliphatic rings. The number of aromatic hydroxyl groups is 2. The van der Waals surface area contributed by atoms with Gasteiger partial charge in [0.05, 0.1) is 4.90 Å². The van der Waals surface area contributed by atoms with Crippen molar-refractivity contribution in [3.63, 3.8) is 0 Å². The Morgan fingerprint density at radius 3 is 2.48 bits per heavy atom. The van der Waals surface area contributed by atoms with Crippen molar-refractivity contribution in [3.05, 3.63) is 48.0 Å². The molecule has 0 aromatic heterocycles. The van der Waals surface area contributed by atoms with E-state index in [0.717, 1.165) is 5.56 Å². The number of anilines is 1. The largest absolute Gasteiger partial charge is 0.504 e. The van der Waals surface area contributed by atoms with Crippen LogP contribution in [0.3, 0.4) is 0 Å². The van der Waals surface area contributed by atoms with Gasteiger partial charge in [0, 0.05) is 12.2 Å². The van der Waals surface area contributed by atoms with Crippen LogP contribution >= 0.6 is 0 Å². The topological polar surface area (TPSA) is 98.7 Å². The number of phenols is 2. The number of nitrogens with one attached hydrogen (secondary N) is 2. The summed E-state index contributed by atoms with van der Waals surface area (Å²) in [6.07, 6.45) is 0. The Bertz CT molecular complexity index is 744. The van der Waals surface area contributed by atoms with Crippen LogP contribution in [0.1, 0.15) is 5.56 Å². The molecule has 0 atom stereocenters. The SMILES string of the molecule is CNS(=O)(=O)c1cccc(NCc2ccc(O)c(O)c2)c1. The van der Waals surface area contributed by atoms with Gasteiger partial charge in [0.2, 0.25) is 10.0 Å². The van der Waals surface area contributed by atoms with Crippen molar-refractivity contribution >= 4 is 15.7 Å². The van der Waals surface area contributed by atoms with E-state index in [1.807, 2.05) is 0 Å². The zero-order chi connectivity index (χ0) is 15.5. The molecule has 112 valence electrons. The first-order chi connectivity index (χ1) is 9.92. The predicted octanol–water partition coefficient (Wildman–Crippen LogP) is 1.62. The summed E-state index contributed by atoms with van der Waals surface area (Å²) in [5.41, 5.74) is 1.39. The second kappa shape index (κ2) is 6.02. The van der Waals surface area contributed by atoms with Crippen molar-refractivity contribution in [1.82, 2.24) is 4.72 Å². The van der Waals surface area contributed by atoms with Gasteiger partial charge in [-0.3, -0.25) is 0 Å². The normalized spacial score (nSPS) is 11.3. The number of phenolic OH excluding ortho intramolecular Hbond substituents is 2. The maximum Gasteiger partial charge on any atom is 0.240 e. The van der Waals surface area contributed by atoms with E-state index >= 15 is 0 Å². The highest BCUT2D eigenvalue weighted by atomic mass is 32.2. The Labute approximate surface area is 123 Å². The molecule has 2 aromatic rings. The lowest BCUT2D eigenvalue weighted by Gasteiger charge is -2.09. The van der Waals surface area contributed by atoms with E-state index in [-0.39, 0.29) is 16.4 Å². The van der Waals surface area contributed by atoms with E-state index in [1.165, 1.54) is 31.3 Å². The minimum absolute atomic E-state index is 0.170. The molecular formula is C14H16N2O4S. The second-order valence-electron chi connectivity index (χ2n) is 4.41. The summed E-state index contributed by atoms with van der Waals surface area (Å²) in [7, 11) is -2.12. The Hall–Kier alpha value is -2.25. The summed E-state index contributed by atoms with van der Waals surface area (Å²) in [5, 5.41) is 21.7. The third-order valence-corrected chi connectivity index (χ3v) is 4.36. The maximum absolute atomic E-state index is 11.7. The predicted molar refractivity (Wildman–Crippen MR) is 79.8 cm³/mol. The first kappa shape index (κ1) is 15.1. The lowest BCUT2D eigenvalue weighted by atomic mass is 10.2. The molecule has 0 unspecified atom stereocenters. The van der Waals surface area contributed by atoms with Crippen LogP contribution in [-0.4, -0.2) is 25.7 Å². The molecular weight excluding hydrogens is 292 g/mol. The summed E-state index contributed by atoms with van der Waals surface area (Å²) in [4.78, 5) is 0.170. The molecule has 0 radical (unpaired) electrons. The zero-order valence-corrected chi connectivity index (χ0v) is 12.2. The zero-order valence-electron chi connectivity index (χ0n) is 11.4. The van der Waals surface area contributed by atoms with Gasteiger partial charge < -0.3 is 15.5 Å². The van der Waals surface area contributed by atoms with Crippen molar-refractivity contribution < 1.29 is 18.6 Å². The summed E-state index contributed by atoms with van der Waals surface area (Å²) in [5.74, 6) is -0.373. The lowest BCUT2D eigenvalue weighted by Crippen LogP contribution is -2.18. The molecule has 0 aliphatic heterocycles. The summed E-state index contributed by atoms with van der Waals surface area (Å²) < 4.78 is 25.7. The third kappa shape index (κ3) is 3.65. The molecule has 4 N–H and O–H groups in total. The fourth-order valence-electron chi connectivity index (χ4n) is 1.77. The highest BCUT2D eigenvalue weighted by molar-refractivity contribution is 7.89. The first-order valence-corrected chi connectivity index (χ1v) is 7.69. The maximum atomic E-state index is 11.7. The monoisotopic (exact) mass is 308 g/mol. The minimum atomic E-state index is -3.48. The van der Waals surface area contributed by atoms with E-state index < -0.39 is 10.0 Å². The van der Waals surface area contributed by atoms with Crippen LogP contribution < -0.4 is 10.0 Å². The third-order valence-electron chi connectivity index (χ3n) is 2.95. The molecule has 0 heterocycles. The van der Waals surface area contributed by atoms with Crippen molar-refractivity contribution in [3.8, 4) is 11.5 Å². The van der Waals surface area contributed by atoms with Crippen LogP contribution in [0, 0.1) is 0 Å². The fraction of sp³-hybridized carbons (Fsp3) is 0.143. The standard InChI is InChI=1S/C14H16N2O4S/c1-15-21(19,20)12-4-2-3-11(8-12)16-9-10-5-6-13(17)14(18)7-10/h2-8,15-18H,9H2,1H3.